The number of rotatable bonds is 33. The standard InChI is InChI=1S/C26H40ClN3.C24H36ClN3.C23H26ClN3O/c27-23-14-15-24-25(16-18-29-26(24)22-23)28-17-10-7-5-3-1-2-4-6-8-11-19-30-20-12-9-13-21-30;25-21-12-13-22-23(14-16-27-24(22)20-21)26-15-8-5-3-1-2-4-6-9-17-28-18-10-7-11-19-28;24-18-5-10-21-22(11-12-25-23(21)17-18)26-19-6-8-20(9-7-19)28-16-4-15-27-13-2-1-3-14-27/h14-16,18,22H,1-13,17,19-21H2,(H,28,29);12-14,16,20H,1-11,15,17-19H2,(H,26,27);5-12,17H,1-4,13-16H2,(H,25,26). The van der Waals surface area contributed by atoms with Gasteiger partial charge < -0.3 is 35.4 Å². The highest BCUT2D eigenvalue weighted by molar-refractivity contribution is 6.32. The van der Waals surface area contributed by atoms with E-state index in [4.69, 9.17) is 39.5 Å². The molecule has 0 bridgehead atoms. The van der Waals surface area contributed by atoms with Crippen molar-refractivity contribution in [1.29, 1.82) is 0 Å². The van der Waals surface area contributed by atoms with Crippen molar-refractivity contribution in [3.63, 3.8) is 0 Å². The van der Waals surface area contributed by atoms with E-state index in [1.807, 2.05) is 85.2 Å². The second kappa shape index (κ2) is 39.8. The third kappa shape index (κ3) is 24.9. The van der Waals surface area contributed by atoms with E-state index in [0.717, 1.165) is 104 Å². The first-order valence-corrected chi connectivity index (χ1v) is 34.8. The third-order valence-corrected chi connectivity index (χ3v) is 18.1. The number of piperidine rings is 3. The first kappa shape index (κ1) is 67.0. The lowest BCUT2D eigenvalue weighted by Gasteiger charge is -2.26. The monoisotopic (exact) mass is 1230 g/mol. The highest BCUT2D eigenvalue weighted by Gasteiger charge is 2.13. The van der Waals surface area contributed by atoms with E-state index in [1.54, 1.807) is 6.20 Å². The van der Waals surface area contributed by atoms with Crippen molar-refractivity contribution in [3.8, 4) is 5.75 Å². The third-order valence-electron chi connectivity index (χ3n) is 17.4. The summed E-state index contributed by atoms with van der Waals surface area (Å²) in [5.74, 6) is 0.913. The van der Waals surface area contributed by atoms with Gasteiger partial charge in [-0.3, -0.25) is 15.0 Å². The molecule has 0 radical (unpaired) electrons. The van der Waals surface area contributed by atoms with Crippen molar-refractivity contribution in [2.24, 2.45) is 0 Å². The molecule has 10 nitrogen and oxygen atoms in total. The lowest BCUT2D eigenvalue weighted by molar-refractivity contribution is 0.205. The van der Waals surface area contributed by atoms with Crippen molar-refractivity contribution < 1.29 is 4.74 Å². The Morgan fingerprint density at radius 3 is 1.08 bits per heavy atom. The first-order valence-electron chi connectivity index (χ1n) is 33.7. The number of likely N-dealkylation sites (tertiary alicyclic amines) is 3. The lowest BCUT2D eigenvalue weighted by Crippen LogP contribution is -2.31. The van der Waals surface area contributed by atoms with Gasteiger partial charge in [-0.05, 0) is 220 Å². The normalized spacial score (nSPS) is 15.0. The molecule has 3 aromatic heterocycles. The number of fused-ring (bicyclic) bond motifs is 3. The summed E-state index contributed by atoms with van der Waals surface area (Å²) in [6, 6.07) is 31.8. The summed E-state index contributed by atoms with van der Waals surface area (Å²) < 4.78 is 5.91. The molecule has 0 spiro atoms. The van der Waals surface area contributed by atoms with Crippen LogP contribution in [-0.2, 0) is 0 Å². The molecular weight excluding hydrogens is 1130 g/mol. The van der Waals surface area contributed by atoms with Crippen molar-refractivity contribution in [1.82, 2.24) is 29.7 Å². The van der Waals surface area contributed by atoms with Gasteiger partial charge in [-0.15, -0.1) is 0 Å². The number of hydrogen-bond donors (Lipinski definition) is 3. The Kier molecular flexibility index (Phi) is 31.0. The molecule has 3 N–H and O–H groups in total. The molecule has 6 heterocycles. The molecule has 3 aliphatic rings. The minimum absolute atomic E-state index is 0.693. The van der Waals surface area contributed by atoms with Crippen LogP contribution < -0.4 is 20.7 Å². The molecule has 3 fully saturated rings. The van der Waals surface area contributed by atoms with Crippen molar-refractivity contribution in [2.75, 3.05) is 94.5 Å². The molecule has 3 saturated heterocycles. The van der Waals surface area contributed by atoms with Crippen LogP contribution in [0.2, 0.25) is 15.1 Å². The van der Waals surface area contributed by atoms with Crippen LogP contribution in [0.5, 0.6) is 5.75 Å². The van der Waals surface area contributed by atoms with Gasteiger partial charge in [0.15, 0.2) is 0 Å². The first-order chi connectivity index (χ1) is 42.4. The number of benzene rings is 4. The average molecular weight is 1230 g/mol. The van der Waals surface area contributed by atoms with E-state index < -0.39 is 0 Å². The molecule has 3 aliphatic heterocycles. The summed E-state index contributed by atoms with van der Waals surface area (Å²) in [5, 5.41) is 16.1. The molecule has 0 aliphatic carbocycles. The van der Waals surface area contributed by atoms with Gasteiger partial charge in [0.25, 0.3) is 0 Å². The van der Waals surface area contributed by atoms with Crippen LogP contribution >= 0.6 is 34.8 Å². The number of anilines is 4. The minimum Gasteiger partial charge on any atom is -0.494 e. The van der Waals surface area contributed by atoms with E-state index in [-0.39, 0.29) is 0 Å². The zero-order valence-corrected chi connectivity index (χ0v) is 54.2. The molecule has 7 aromatic rings. The van der Waals surface area contributed by atoms with Crippen molar-refractivity contribution in [3.05, 3.63) is 131 Å². The smallest absolute Gasteiger partial charge is 0.119 e. The quantitative estimate of drug-likeness (QED) is 0.0345. The van der Waals surface area contributed by atoms with E-state index in [0.29, 0.717) is 5.02 Å². The maximum absolute atomic E-state index is 6.07. The molecule has 4 aromatic carbocycles. The Morgan fingerprint density at radius 2 is 0.686 bits per heavy atom. The number of ether oxygens (including phenoxy) is 1. The maximum Gasteiger partial charge on any atom is 0.119 e. The molecule has 466 valence electrons. The molecule has 10 rings (SSSR count). The predicted octanol–water partition coefficient (Wildman–Crippen LogP) is 20.5. The number of nitrogens with zero attached hydrogens (tertiary/aromatic N) is 6. The van der Waals surface area contributed by atoms with E-state index >= 15 is 0 Å². The highest BCUT2D eigenvalue weighted by Crippen LogP contribution is 2.30. The van der Waals surface area contributed by atoms with Gasteiger partial charge in [0, 0.05) is 92.2 Å². The lowest BCUT2D eigenvalue weighted by atomic mass is 10.1. The summed E-state index contributed by atoms with van der Waals surface area (Å²) in [6.07, 6.45) is 44.0. The molecule has 0 amide bonds. The fourth-order valence-corrected chi connectivity index (χ4v) is 12.9. The van der Waals surface area contributed by atoms with Crippen LogP contribution in [0.3, 0.4) is 0 Å². The molecule has 86 heavy (non-hydrogen) atoms. The summed E-state index contributed by atoms with van der Waals surface area (Å²) >= 11 is 18.2. The van der Waals surface area contributed by atoms with Gasteiger partial charge >= 0.3 is 0 Å². The van der Waals surface area contributed by atoms with Crippen LogP contribution in [0.15, 0.2) is 116 Å². The molecular formula is C73H102Cl3N9O. The van der Waals surface area contributed by atoms with Crippen LogP contribution in [0, 0.1) is 0 Å². The Labute approximate surface area is 532 Å². The highest BCUT2D eigenvalue weighted by atomic mass is 35.5. The van der Waals surface area contributed by atoms with Gasteiger partial charge in [-0.2, -0.15) is 0 Å². The number of unbranched alkanes of at least 4 members (excludes halogenated alkanes) is 16. The van der Waals surface area contributed by atoms with Gasteiger partial charge in [0.05, 0.1) is 23.2 Å². The van der Waals surface area contributed by atoms with Gasteiger partial charge in [-0.25, -0.2) is 0 Å². The minimum atomic E-state index is 0.693. The Morgan fingerprint density at radius 1 is 0.349 bits per heavy atom. The molecule has 0 unspecified atom stereocenters. The van der Waals surface area contributed by atoms with Gasteiger partial charge in [-0.1, -0.05) is 144 Å². The topological polar surface area (TPSA) is 93.7 Å². The Bertz CT molecular complexity index is 2960. The Balaban J connectivity index is 0.000000168. The number of halogens is 3. The van der Waals surface area contributed by atoms with Crippen molar-refractivity contribution >= 4 is 90.3 Å². The summed E-state index contributed by atoms with van der Waals surface area (Å²) in [5.41, 5.74) is 7.15. The van der Waals surface area contributed by atoms with E-state index in [1.165, 1.54) is 226 Å². The fraction of sp³-hybridized carbons (Fsp3) is 0.548. The van der Waals surface area contributed by atoms with Crippen LogP contribution in [0.1, 0.15) is 180 Å². The van der Waals surface area contributed by atoms with Gasteiger partial charge in [0.2, 0.25) is 0 Å². The maximum atomic E-state index is 6.07. The zero-order valence-electron chi connectivity index (χ0n) is 52.0. The summed E-state index contributed by atoms with van der Waals surface area (Å²) in [4.78, 5) is 21.1. The summed E-state index contributed by atoms with van der Waals surface area (Å²) in [7, 11) is 0. The molecule has 13 heteroatoms. The number of pyridine rings is 3. The predicted molar refractivity (Wildman–Crippen MR) is 371 cm³/mol. The largest absolute Gasteiger partial charge is 0.494 e. The van der Waals surface area contributed by atoms with Crippen LogP contribution in [0.4, 0.5) is 22.7 Å². The van der Waals surface area contributed by atoms with Crippen molar-refractivity contribution in [2.45, 2.75) is 180 Å². The van der Waals surface area contributed by atoms with Gasteiger partial charge in [0.1, 0.15) is 5.75 Å². The average Bonchev–Trinajstić information content (AvgIpc) is 3.74. The van der Waals surface area contributed by atoms with Crippen LogP contribution in [-0.4, -0.2) is 108 Å². The van der Waals surface area contributed by atoms with Crippen LogP contribution in [0.25, 0.3) is 32.7 Å². The zero-order chi connectivity index (χ0) is 59.5. The molecule has 0 saturated carbocycles. The second-order valence-electron chi connectivity index (χ2n) is 24.3. The van der Waals surface area contributed by atoms with E-state index in [2.05, 4.69) is 69.9 Å². The van der Waals surface area contributed by atoms with E-state index in [9.17, 15) is 0 Å². The summed E-state index contributed by atoms with van der Waals surface area (Å²) in [6.45, 7) is 14.5. The fourth-order valence-electron chi connectivity index (χ4n) is 12.4. The number of hydrogen-bond acceptors (Lipinski definition) is 10. The number of nitrogens with one attached hydrogen (secondary N) is 3. The molecule has 0 atom stereocenters. The SMILES string of the molecule is Clc1ccc2c(NCCCCCCCCCCCCN3CCCCC3)ccnc2c1.Clc1ccc2c(NCCCCCCCCCCN3CCCCC3)ccnc2c1.Clc1ccc2c(Nc3ccc(OCCCN4CCCCC4)cc3)ccnc2c1. The number of aromatic nitrogens is 3. The Hall–Kier alpha value is -4.94. The second-order valence-corrected chi connectivity index (χ2v) is 25.6.